The number of anilines is 1. The molecule has 1 amide bonds. The van der Waals surface area contributed by atoms with E-state index in [9.17, 15) is 14.9 Å². The van der Waals surface area contributed by atoms with Crippen LogP contribution in [0.15, 0.2) is 18.2 Å². The molecule has 0 atom stereocenters. The fourth-order valence-corrected chi connectivity index (χ4v) is 1.85. The molecule has 0 aliphatic rings. The van der Waals surface area contributed by atoms with Crippen LogP contribution in [0.5, 0.6) is 0 Å². The van der Waals surface area contributed by atoms with Crippen LogP contribution in [0.1, 0.15) is 31.1 Å². The van der Waals surface area contributed by atoms with Crippen LogP contribution in [0.25, 0.3) is 0 Å². The number of non-ortho nitro benzene ring substituents is 1. The Morgan fingerprint density at radius 2 is 1.95 bits per heavy atom. The van der Waals surface area contributed by atoms with Gasteiger partial charge in [-0.05, 0) is 26.8 Å². The summed E-state index contributed by atoms with van der Waals surface area (Å²) >= 11 is 0. The average molecular weight is 265 g/mol. The molecule has 0 radical (unpaired) electrons. The van der Waals surface area contributed by atoms with E-state index in [1.54, 1.807) is 11.0 Å². The van der Waals surface area contributed by atoms with E-state index in [2.05, 4.69) is 5.32 Å². The van der Waals surface area contributed by atoms with Gasteiger partial charge >= 0.3 is 0 Å². The van der Waals surface area contributed by atoms with Crippen molar-refractivity contribution in [2.75, 3.05) is 25.0 Å². The van der Waals surface area contributed by atoms with Crippen molar-refractivity contribution in [2.45, 2.75) is 20.8 Å². The lowest BCUT2D eigenvalue weighted by atomic mass is 10.1. The van der Waals surface area contributed by atoms with Crippen LogP contribution in [0.3, 0.4) is 0 Å². The molecule has 0 fully saturated rings. The number of hydrogen-bond acceptors (Lipinski definition) is 4. The molecule has 0 aromatic heterocycles. The molecule has 1 rings (SSSR count). The van der Waals surface area contributed by atoms with E-state index in [0.717, 1.165) is 0 Å². The monoisotopic (exact) mass is 265 g/mol. The van der Waals surface area contributed by atoms with Gasteiger partial charge in [-0.15, -0.1) is 0 Å². The predicted molar refractivity (Wildman–Crippen MR) is 74.5 cm³/mol. The van der Waals surface area contributed by atoms with E-state index >= 15 is 0 Å². The van der Waals surface area contributed by atoms with Gasteiger partial charge in [0, 0.05) is 37.5 Å². The van der Waals surface area contributed by atoms with Gasteiger partial charge in [-0.3, -0.25) is 14.9 Å². The smallest absolute Gasteiger partial charge is 0.270 e. The SMILES string of the molecule is CCNc1ccc([N+](=O)[O-])cc1C(=O)N(CC)CC. The maximum absolute atomic E-state index is 12.3. The Morgan fingerprint density at radius 3 is 2.42 bits per heavy atom. The minimum atomic E-state index is -0.491. The van der Waals surface area contributed by atoms with Gasteiger partial charge in [0.05, 0.1) is 10.5 Å². The molecule has 1 aromatic carbocycles. The summed E-state index contributed by atoms with van der Waals surface area (Å²) in [4.78, 5) is 24.3. The third-order valence-electron chi connectivity index (χ3n) is 2.86. The third-order valence-corrected chi connectivity index (χ3v) is 2.86. The summed E-state index contributed by atoms with van der Waals surface area (Å²) in [6, 6.07) is 4.31. The van der Waals surface area contributed by atoms with Gasteiger partial charge in [-0.2, -0.15) is 0 Å². The molecule has 19 heavy (non-hydrogen) atoms. The minimum absolute atomic E-state index is 0.0721. The van der Waals surface area contributed by atoms with Gasteiger partial charge < -0.3 is 10.2 Å². The first kappa shape index (κ1) is 14.9. The number of carbonyl (C=O) groups excluding carboxylic acids is 1. The molecular formula is C13H19N3O3. The lowest BCUT2D eigenvalue weighted by Crippen LogP contribution is -2.31. The number of rotatable bonds is 6. The Balaban J connectivity index is 3.23. The van der Waals surface area contributed by atoms with Gasteiger partial charge in [0.2, 0.25) is 0 Å². The first-order valence-electron chi connectivity index (χ1n) is 6.36. The molecule has 0 saturated carbocycles. The molecule has 0 aliphatic heterocycles. The van der Waals surface area contributed by atoms with Crippen molar-refractivity contribution >= 4 is 17.3 Å². The third kappa shape index (κ3) is 3.43. The van der Waals surface area contributed by atoms with Crippen molar-refractivity contribution in [3.05, 3.63) is 33.9 Å². The number of amides is 1. The van der Waals surface area contributed by atoms with Crippen LogP contribution in [0.2, 0.25) is 0 Å². The summed E-state index contributed by atoms with van der Waals surface area (Å²) < 4.78 is 0. The van der Waals surface area contributed by atoms with Crippen molar-refractivity contribution in [1.29, 1.82) is 0 Å². The second kappa shape index (κ2) is 6.72. The zero-order chi connectivity index (χ0) is 14.4. The van der Waals surface area contributed by atoms with E-state index in [-0.39, 0.29) is 11.6 Å². The number of nitro benzene ring substituents is 1. The molecule has 1 aromatic rings. The van der Waals surface area contributed by atoms with Crippen LogP contribution in [0, 0.1) is 10.1 Å². The molecule has 6 heteroatoms. The van der Waals surface area contributed by atoms with Gasteiger partial charge in [-0.25, -0.2) is 0 Å². The van der Waals surface area contributed by atoms with Crippen LogP contribution in [-0.2, 0) is 0 Å². The van der Waals surface area contributed by atoms with Crippen molar-refractivity contribution in [2.24, 2.45) is 0 Å². The Hall–Kier alpha value is -2.11. The first-order chi connectivity index (χ1) is 9.04. The van der Waals surface area contributed by atoms with E-state index < -0.39 is 4.92 Å². The van der Waals surface area contributed by atoms with E-state index in [1.807, 2.05) is 20.8 Å². The summed E-state index contributed by atoms with van der Waals surface area (Å²) in [7, 11) is 0. The maximum Gasteiger partial charge on any atom is 0.270 e. The van der Waals surface area contributed by atoms with Gasteiger partial charge in [0.15, 0.2) is 0 Å². The molecule has 0 heterocycles. The Morgan fingerprint density at radius 1 is 1.32 bits per heavy atom. The molecule has 0 spiro atoms. The van der Waals surface area contributed by atoms with Crippen molar-refractivity contribution < 1.29 is 9.72 Å². The molecule has 0 unspecified atom stereocenters. The molecule has 104 valence electrons. The fourth-order valence-electron chi connectivity index (χ4n) is 1.85. The van der Waals surface area contributed by atoms with Gasteiger partial charge in [-0.1, -0.05) is 0 Å². The van der Waals surface area contributed by atoms with E-state index in [0.29, 0.717) is 30.9 Å². The fraction of sp³-hybridized carbons (Fsp3) is 0.462. The maximum atomic E-state index is 12.3. The molecule has 0 saturated heterocycles. The quantitative estimate of drug-likeness (QED) is 0.633. The Kier molecular flexibility index (Phi) is 5.29. The molecular weight excluding hydrogens is 246 g/mol. The highest BCUT2D eigenvalue weighted by molar-refractivity contribution is 6.00. The number of benzene rings is 1. The summed E-state index contributed by atoms with van der Waals surface area (Å²) in [5.74, 6) is -0.190. The molecule has 0 aliphatic carbocycles. The summed E-state index contributed by atoms with van der Waals surface area (Å²) in [5, 5.41) is 13.9. The van der Waals surface area contributed by atoms with Crippen LogP contribution in [-0.4, -0.2) is 35.4 Å². The van der Waals surface area contributed by atoms with Crippen LogP contribution < -0.4 is 5.32 Å². The summed E-state index contributed by atoms with van der Waals surface area (Å²) in [6.07, 6.45) is 0. The summed E-state index contributed by atoms with van der Waals surface area (Å²) in [5.41, 5.74) is 0.905. The minimum Gasteiger partial charge on any atom is -0.385 e. The second-order valence-electron chi connectivity index (χ2n) is 3.99. The van der Waals surface area contributed by atoms with Crippen LogP contribution >= 0.6 is 0 Å². The van der Waals surface area contributed by atoms with Crippen molar-refractivity contribution in [3.8, 4) is 0 Å². The summed E-state index contributed by atoms with van der Waals surface area (Å²) in [6.45, 7) is 7.47. The topological polar surface area (TPSA) is 75.5 Å². The molecule has 0 bridgehead atoms. The Labute approximate surface area is 112 Å². The molecule has 1 N–H and O–H groups in total. The zero-order valence-corrected chi connectivity index (χ0v) is 11.5. The second-order valence-corrected chi connectivity index (χ2v) is 3.99. The predicted octanol–water partition coefficient (Wildman–Crippen LogP) is 2.51. The number of hydrogen-bond donors (Lipinski definition) is 1. The van der Waals surface area contributed by atoms with Crippen molar-refractivity contribution in [3.63, 3.8) is 0 Å². The van der Waals surface area contributed by atoms with Gasteiger partial charge in [0.1, 0.15) is 0 Å². The van der Waals surface area contributed by atoms with Gasteiger partial charge in [0.25, 0.3) is 11.6 Å². The number of carbonyl (C=O) groups is 1. The van der Waals surface area contributed by atoms with Crippen molar-refractivity contribution in [1.82, 2.24) is 4.90 Å². The largest absolute Gasteiger partial charge is 0.385 e. The average Bonchev–Trinajstić information content (AvgIpc) is 2.40. The number of nitro groups is 1. The highest BCUT2D eigenvalue weighted by Gasteiger charge is 2.19. The Bertz CT molecular complexity index is 470. The lowest BCUT2D eigenvalue weighted by molar-refractivity contribution is -0.384. The standard InChI is InChI=1S/C13H19N3O3/c1-4-14-12-8-7-10(16(18)19)9-11(12)13(17)15(5-2)6-3/h7-9,14H,4-6H2,1-3H3. The number of nitrogens with zero attached hydrogens (tertiary/aromatic N) is 2. The van der Waals surface area contributed by atoms with E-state index in [1.165, 1.54) is 12.1 Å². The normalized spacial score (nSPS) is 10.1. The first-order valence-corrected chi connectivity index (χ1v) is 6.36. The highest BCUT2D eigenvalue weighted by Crippen LogP contribution is 2.23. The highest BCUT2D eigenvalue weighted by atomic mass is 16.6. The lowest BCUT2D eigenvalue weighted by Gasteiger charge is -2.20. The zero-order valence-electron chi connectivity index (χ0n) is 11.5. The number of nitrogens with one attached hydrogen (secondary N) is 1. The molecule has 6 nitrogen and oxygen atoms in total. The van der Waals surface area contributed by atoms with Crippen LogP contribution in [0.4, 0.5) is 11.4 Å². The van der Waals surface area contributed by atoms with E-state index in [4.69, 9.17) is 0 Å².